The first-order valence-corrected chi connectivity index (χ1v) is 12.2. The number of anilines is 1. The molecule has 6 rings (SSSR count). The maximum atomic E-state index is 12.8. The molecule has 1 saturated heterocycles. The fourth-order valence-electron chi connectivity index (χ4n) is 5.31. The average Bonchev–Trinajstić information content (AvgIpc) is 3.41. The third-order valence-corrected chi connectivity index (χ3v) is 7.70. The molecule has 3 aliphatic rings. The van der Waals surface area contributed by atoms with Gasteiger partial charge in [-0.3, -0.25) is 9.48 Å². The second-order valence-corrected chi connectivity index (χ2v) is 9.96. The molecule has 1 aromatic carbocycles. The zero-order chi connectivity index (χ0) is 23.2. The van der Waals surface area contributed by atoms with E-state index in [9.17, 15) is 10.1 Å². The van der Waals surface area contributed by atoms with E-state index in [0.29, 0.717) is 16.1 Å². The molecule has 7 nitrogen and oxygen atoms in total. The largest absolute Gasteiger partial charge is 0.356 e. The number of aromatic nitrogens is 3. The van der Waals surface area contributed by atoms with Crippen LogP contribution in [0.25, 0.3) is 0 Å². The van der Waals surface area contributed by atoms with Crippen LogP contribution in [0.5, 0.6) is 0 Å². The lowest BCUT2D eigenvalue weighted by Crippen LogP contribution is -2.43. The minimum absolute atomic E-state index is 0.0858. The minimum atomic E-state index is -0.106. The summed E-state index contributed by atoms with van der Waals surface area (Å²) in [4.78, 5) is 19.8. The first-order chi connectivity index (χ1) is 16.6. The van der Waals surface area contributed by atoms with Gasteiger partial charge in [0, 0.05) is 36.5 Å². The first-order valence-electron chi connectivity index (χ1n) is 11.9. The van der Waals surface area contributed by atoms with E-state index >= 15 is 0 Å². The van der Waals surface area contributed by atoms with Crippen LogP contribution >= 0.6 is 11.6 Å². The van der Waals surface area contributed by atoms with Crippen molar-refractivity contribution in [2.45, 2.75) is 50.1 Å². The number of halogens is 1. The van der Waals surface area contributed by atoms with Gasteiger partial charge in [-0.2, -0.15) is 10.4 Å². The Morgan fingerprint density at radius 2 is 2.03 bits per heavy atom. The van der Waals surface area contributed by atoms with Crippen molar-refractivity contribution in [1.29, 1.82) is 5.26 Å². The van der Waals surface area contributed by atoms with Gasteiger partial charge in [-0.05, 0) is 79.0 Å². The zero-order valence-electron chi connectivity index (χ0n) is 18.7. The molecule has 1 atom stereocenters. The molecule has 1 saturated carbocycles. The molecule has 172 valence electrons. The molecule has 0 bridgehead atoms. The van der Waals surface area contributed by atoms with Crippen LogP contribution in [0.4, 0.5) is 5.82 Å². The predicted molar refractivity (Wildman–Crippen MR) is 129 cm³/mol. The number of aryl methyl sites for hydroxylation is 1. The molecule has 3 aromatic rings. The van der Waals surface area contributed by atoms with Gasteiger partial charge in [-0.15, -0.1) is 0 Å². The molecule has 1 amide bonds. The van der Waals surface area contributed by atoms with E-state index in [1.807, 2.05) is 23.1 Å². The molecule has 2 aliphatic carbocycles. The molecule has 3 heterocycles. The van der Waals surface area contributed by atoms with Crippen LogP contribution in [-0.4, -0.2) is 39.8 Å². The number of carbonyl (C=O) groups is 1. The second-order valence-electron chi connectivity index (χ2n) is 9.53. The van der Waals surface area contributed by atoms with Crippen molar-refractivity contribution < 1.29 is 4.79 Å². The second kappa shape index (κ2) is 8.44. The Bertz CT molecular complexity index is 1300. The molecule has 0 radical (unpaired) electrons. The van der Waals surface area contributed by atoms with Crippen LogP contribution in [0.15, 0.2) is 42.9 Å². The van der Waals surface area contributed by atoms with Gasteiger partial charge in [0.05, 0.1) is 29.4 Å². The van der Waals surface area contributed by atoms with Gasteiger partial charge in [0.1, 0.15) is 5.82 Å². The topological polar surface area (TPSA) is 86.8 Å². The van der Waals surface area contributed by atoms with E-state index in [-0.39, 0.29) is 23.9 Å². The molecule has 34 heavy (non-hydrogen) atoms. The van der Waals surface area contributed by atoms with Crippen molar-refractivity contribution in [3.63, 3.8) is 0 Å². The highest BCUT2D eigenvalue weighted by molar-refractivity contribution is 6.30. The van der Waals surface area contributed by atoms with E-state index in [0.717, 1.165) is 50.2 Å². The van der Waals surface area contributed by atoms with E-state index in [2.05, 4.69) is 32.4 Å². The van der Waals surface area contributed by atoms with Gasteiger partial charge >= 0.3 is 0 Å². The number of pyridine rings is 1. The Hall–Kier alpha value is -3.37. The summed E-state index contributed by atoms with van der Waals surface area (Å²) in [5.41, 5.74) is 4.74. The first kappa shape index (κ1) is 21.2. The molecule has 1 N–H and O–H groups in total. The van der Waals surface area contributed by atoms with Gasteiger partial charge in [-0.1, -0.05) is 11.6 Å². The van der Waals surface area contributed by atoms with Gasteiger partial charge in [0.15, 0.2) is 0 Å². The molecular weight excluding hydrogens is 448 g/mol. The van der Waals surface area contributed by atoms with Crippen LogP contribution in [0.3, 0.4) is 0 Å². The van der Waals surface area contributed by atoms with E-state index in [4.69, 9.17) is 11.6 Å². The fourth-order valence-corrected chi connectivity index (χ4v) is 5.49. The van der Waals surface area contributed by atoms with Crippen LogP contribution < -0.4 is 10.2 Å². The average molecular weight is 473 g/mol. The number of benzene rings is 1. The lowest BCUT2D eigenvalue weighted by Gasteiger charge is -2.36. The maximum Gasteiger partial charge on any atom is 0.254 e. The number of rotatable bonds is 5. The van der Waals surface area contributed by atoms with E-state index in [1.165, 1.54) is 17.5 Å². The van der Waals surface area contributed by atoms with Crippen LogP contribution in [0, 0.1) is 11.3 Å². The molecule has 1 aliphatic heterocycles. The zero-order valence-corrected chi connectivity index (χ0v) is 19.5. The summed E-state index contributed by atoms with van der Waals surface area (Å²) < 4.78 is 1.90. The summed E-state index contributed by atoms with van der Waals surface area (Å²) in [7, 11) is 0. The van der Waals surface area contributed by atoms with Crippen LogP contribution in [0.2, 0.25) is 5.02 Å². The van der Waals surface area contributed by atoms with Crippen molar-refractivity contribution in [3.05, 3.63) is 75.7 Å². The number of hydrogen-bond donors (Lipinski definition) is 1. The highest BCUT2D eigenvalue weighted by Crippen LogP contribution is 2.40. The summed E-state index contributed by atoms with van der Waals surface area (Å²) in [6.07, 6.45) is 10.3. The van der Waals surface area contributed by atoms with Crippen LogP contribution in [0.1, 0.15) is 70.3 Å². The van der Waals surface area contributed by atoms with Crippen molar-refractivity contribution in [3.8, 4) is 6.07 Å². The van der Waals surface area contributed by atoms with Gasteiger partial charge in [0.2, 0.25) is 0 Å². The lowest BCUT2D eigenvalue weighted by atomic mass is 9.74. The standard InChI is InChI=1S/C26H25ClN6O/c27-20-4-2-17(12-28)22(11-20)18-8-21(9-18)31-26(34)19-13-30-33(15-19)24-5-3-16-10-25(29-14-23(16)24)32-6-1-7-32/h2,4,10-11,13-15,18,21,24H,1,3,5-9H2,(H,31,34)/t18?,21?,24-/m1/s1. The van der Waals surface area contributed by atoms with Crippen molar-refractivity contribution in [2.75, 3.05) is 18.0 Å². The number of hydrogen-bond acceptors (Lipinski definition) is 5. The number of fused-ring (bicyclic) bond motifs is 1. The Morgan fingerprint density at radius 1 is 1.18 bits per heavy atom. The lowest BCUT2D eigenvalue weighted by molar-refractivity contribution is 0.0909. The number of amides is 1. The number of carbonyl (C=O) groups excluding carboxylic acids is 1. The molecule has 8 heteroatoms. The monoisotopic (exact) mass is 472 g/mol. The quantitative estimate of drug-likeness (QED) is 0.600. The van der Waals surface area contributed by atoms with E-state index < -0.39 is 0 Å². The Labute approximate surface area is 203 Å². The van der Waals surface area contributed by atoms with E-state index in [1.54, 1.807) is 18.3 Å². The molecule has 2 aromatic heterocycles. The molecule has 0 spiro atoms. The highest BCUT2D eigenvalue weighted by Gasteiger charge is 2.34. The van der Waals surface area contributed by atoms with Crippen molar-refractivity contribution >= 4 is 23.3 Å². The normalized spacial score (nSPS) is 22.9. The molecular formula is C26H25ClN6O. The molecule has 2 fully saturated rings. The minimum Gasteiger partial charge on any atom is -0.356 e. The van der Waals surface area contributed by atoms with Crippen LogP contribution in [-0.2, 0) is 6.42 Å². The van der Waals surface area contributed by atoms with Crippen molar-refractivity contribution in [1.82, 2.24) is 20.1 Å². The van der Waals surface area contributed by atoms with Gasteiger partial charge in [0.25, 0.3) is 5.91 Å². The third-order valence-electron chi connectivity index (χ3n) is 7.47. The predicted octanol–water partition coefficient (Wildman–Crippen LogP) is 4.22. The number of nitriles is 1. The smallest absolute Gasteiger partial charge is 0.254 e. The Morgan fingerprint density at radius 3 is 2.79 bits per heavy atom. The third kappa shape index (κ3) is 3.72. The summed E-state index contributed by atoms with van der Waals surface area (Å²) in [5, 5.41) is 17.6. The number of nitrogens with zero attached hydrogens (tertiary/aromatic N) is 5. The Kier molecular flexibility index (Phi) is 5.26. The SMILES string of the molecule is N#Cc1ccc(Cl)cc1C1CC(NC(=O)c2cnn([C@@H]3CCc4cc(N5CCC5)ncc43)c2)C1. The number of nitrogens with one attached hydrogen (secondary N) is 1. The summed E-state index contributed by atoms with van der Waals surface area (Å²) >= 11 is 6.12. The maximum absolute atomic E-state index is 12.8. The highest BCUT2D eigenvalue weighted by atomic mass is 35.5. The summed E-state index contributed by atoms with van der Waals surface area (Å²) in [6, 6.07) is 10.0. The Balaban J connectivity index is 1.09. The van der Waals surface area contributed by atoms with Crippen molar-refractivity contribution in [2.24, 2.45) is 0 Å². The fraction of sp³-hybridized carbons (Fsp3) is 0.385. The van der Waals surface area contributed by atoms with Gasteiger partial charge < -0.3 is 10.2 Å². The van der Waals surface area contributed by atoms with Gasteiger partial charge in [-0.25, -0.2) is 4.98 Å². The molecule has 0 unspecified atom stereocenters. The summed E-state index contributed by atoms with van der Waals surface area (Å²) in [5.74, 6) is 1.21. The summed E-state index contributed by atoms with van der Waals surface area (Å²) in [6.45, 7) is 2.18.